The van der Waals surface area contributed by atoms with Crippen LogP contribution < -0.4 is 5.32 Å². The number of rotatable bonds is 6. The van der Waals surface area contributed by atoms with Crippen LogP contribution in [0, 0.1) is 18.8 Å². The highest BCUT2D eigenvalue weighted by Crippen LogP contribution is 2.38. The third kappa shape index (κ3) is 6.34. The van der Waals surface area contributed by atoms with Gasteiger partial charge in [0.2, 0.25) is 5.91 Å². The van der Waals surface area contributed by atoms with Gasteiger partial charge in [-0.25, -0.2) is 0 Å². The molecule has 1 aliphatic carbocycles. The number of aryl methyl sites for hydroxylation is 1. The van der Waals surface area contributed by atoms with E-state index < -0.39 is 0 Å². The van der Waals surface area contributed by atoms with E-state index in [0.29, 0.717) is 27.4 Å². The highest BCUT2D eigenvalue weighted by molar-refractivity contribution is 6.42. The molecule has 2 aliphatic rings. The van der Waals surface area contributed by atoms with E-state index in [2.05, 4.69) is 36.5 Å². The van der Waals surface area contributed by atoms with Crippen molar-refractivity contribution in [2.45, 2.75) is 57.8 Å². The smallest absolute Gasteiger partial charge is 0.251 e. The van der Waals surface area contributed by atoms with Gasteiger partial charge < -0.3 is 10.2 Å². The van der Waals surface area contributed by atoms with Gasteiger partial charge in [0.05, 0.1) is 16.6 Å². The number of benzene rings is 2. The molecule has 1 saturated carbocycles. The van der Waals surface area contributed by atoms with Crippen molar-refractivity contribution in [1.29, 1.82) is 0 Å². The number of hydrogen-bond donors (Lipinski definition) is 1. The molecule has 6 heteroatoms. The first-order chi connectivity index (χ1) is 16.4. The second-order valence-corrected chi connectivity index (χ2v) is 10.8. The molecular weight excluding hydrogens is 467 g/mol. The van der Waals surface area contributed by atoms with Gasteiger partial charge in [-0.05, 0) is 86.1 Å². The molecule has 2 aromatic carbocycles. The van der Waals surface area contributed by atoms with Crippen molar-refractivity contribution in [2.75, 3.05) is 19.6 Å². The molecule has 4 nitrogen and oxygen atoms in total. The molecule has 3 unspecified atom stereocenters. The highest BCUT2D eigenvalue weighted by atomic mass is 35.5. The topological polar surface area (TPSA) is 49.4 Å². The lowest BCUT2D eigenvalue weighted by Gasteiger charge is -2.21. The Labute approximate surface area is 213 Å². The Hall–Kier alpha value is -2.04. The minimum absolute atomic E-state index is 0.00728. The van der Waals surface area contributed by atoms with Crippen LogP contribution in [-0.2, 0) is 4.79 Å². The predicted molar refractivity (Wildman–Crippen MR) is 139 cm³/mol. The van der Waals surface area contributed by atoms with E-state index >= 15 is 0 Å². The van der Waals surface area contributed by atoms with Crippen LogP contribution in [0.1, 0.15) is 72.3 Å². The molecule has 4 rings (SSSR count). The van der Waals surface area contributed by atoms with Crippen LogP contribution in [0.25, 0.3) is 0 Å². The summed E-state index contributed by atoms with van der Waals surface area (Å²) >= 11 is 11.9. The summed E-state index contributed by atoms with van der Waals surface area (Å²) in [5.74, 6) is 1.67. The van der Waals surface area contributed by atoms with Crippen LogP contribution in [0.2, 0.25) is 10.0 Å². The summed E-state index contributed by atoms with van der Waals surface area (Å²) < 4.78 is 0. The fraction of sp³-hybridized carbons (Fsp3) is 0.500. The van der Waals surface area contributed by atoms with Crippen molar-refractivity contribution in [3.05, 3.63) is 69.2 Å². The van der Waals surface area contributed by atoms with E-state index in [1.54, 1.807) is 12.1 Å². The molecule has 1 aliphatic heterocycles. The van der Waals surface area contributed by atoms with Gasteiger partial charge in [-0.2, -0.15) is 0 Å². The number of amides is 2. The van der Waals surface area contributed by atoms with Crippen molar-refractivity contribution in [3.8, 4) is 0 Å². The monoisotopic (exact) mass is 500 g/mol. The van der Waals surface area contributed by atoms with Crippen molar-refractivity contribution >= 4 is 35.0 Å². The number of likely N-dealkylation sites (tertiary alicyclic amines) is 1. The lowest BCUT2D eigenvalue weighted by molar-refractivity contribution is -0.129. The van der Waals surface area contributed by atoms with Gasteiger partial charge >= 0.3 is 0 Å². The number of carbonyl (C=O) groups excluding carboxylic acids is 2. The fourth-order valence-corrected chi connectivity index (χ4v) is 6.00. The van der Waals surface area contributed by atoms with Crippen LogP contribution in [0.15, 0.2) is 42.5 Å². The summed E-state index contributed by atoms with van der Waals surface area (Å²) in [6.07, 6.45) is 8.69. The Kier molecular flexibility index (Phi) is 8.55. The highest BCUT2D eigenvalue weighted by Gasteiger charge is 2.29. The van der Waals surface area contributed by atoms with E-state index in [0.717, 1.165) is 25.4 Å². The SMILES string of the molecule is Cc1ccccc1C1CCCC(CC2CCN(C(=O)CNC(=O)c3ccc(Cl)c(Cl)c3)C2)CC1. The zero-order chi connectivity index (χ0) is 24.1. The molecule has 0 spiro atoms. The number of nitrogens with one attached hydrogen (secondary N) is 1. The molecule has 1 N–H and O–H groups in total. The summed E-state index contributed by atoms with van der Waals surface area (Å²) in [5.41, 5.74) is 3.35. The lowest BCUT2D eigenvalue weighted by Crippen LogP contribution is -2.39. The maximum atomic E-state index is 12.7. The largest absolute Gasteiger partial charge is 0.343 e. The van der Waals surface area contributed by atoms with Crippen LogP contribution in [0.5, 0.6) is 0 Å². The Balaban J connectivity index is 1.22. The zero-order valence-electron chi connectivity index (χ0n) is 19.9. The fourth-order valence-electron chi connectivity index (χ4n) is 5.70. The number of carbonyl (C=O) groups is 2. The molecule has 0 radical (unpaired) electrons. The van der Waals surface area contributed by atoms with Gasteiger partial charge in [0.1, 0.15) is 0 Å². The lowest BCUT2D eigenvalue weighted by atomic mass is 9.86. The Morgan fingerprint density at radius 1 is 0.971 bits per heavy atom. The molecular formula is C28H34Cl2N2O2. The molecule has 2 fully saturated rings. The normalized spacial score (nSPS) is 22.9. The van der Waals surface area contributed by atoms with E-state index in [1.165, 1.54) is 55.7 Å². The second kappa shape index (κ2) is 11.6. The van der Waals surface area contributed by atoms with Crippen LogP contribution in [0.3, 0.4) is 0 Å². The number of hydrogen-bond acceptors (Lipinski definition) is 2. The molecule has 0 bridgehead atoms. The number of nitrogens with zero attached hydrogens (tertiary/aromatic N) is 1. The first-order valence-corrected chi connectivity index (χ1v) is 13.2. The predicted octanol–water partition coefficient (Wildman–Crippen LogP) is 6.63. The van der Waals surface area contributed by atoms with Gasteiger partial charge in [-0.3, -0.25) is 9.59 Å². The summed E-state index contributed by atoms with van der Waals surface area (Å²) in [6, 6.07) is 13.5. The Bertz CT molecular complexity index is 1030. The second-order valence-electron chi connectivity index (χ2n) is 9.97. The molecule has 182 valence electrons. The maximum Gasteiger partial charge on any atom is 0.251 e. The summed E-state index contributed by atoms with van der Waals surface area (Å²) in [5, 5.41) is 3.45. The molecule has 1 saturated heterocycles. The quantitative estimate of drug-likeness (QED) is 0.452. The Morgan fingerprint density at radius 3 is 2.59 bits per heavy atom. The number of halogens is 2. The molecule has 0 aromatic heterocycles. The van der Waals surface area contributed by atoms with Crippen LogP contribution in [0.4, 0.5) is 0 Å². The summed E-state index contributed by atoms with van der Waals surface area (Å²) in [6.45, 7) is 3.83. The van der Waals surface area contributed by atoms with Gasteiger partial charge in [-0.15, -0.1) is 0 Å². The molecule has 2 aromatic rings. The van der Waals surface area contributed by atoms with Crippen molar-refractivity contribution in [2.24, 2.45) is 11.8 Å². The van der Waals surface area contributed by atoms with E-state index in [9.17, 15) is 9.59 Å². The Morgan fingerprint density at radius 2 is 1.79 bits per heavy atom. The third-order valence-corrected chi connectivity index (χ3v) is 8.34. The van der Waals surface area contributed by atoms with Crippen molar-refractivity contribution in [1.82, 2.24) is 10.2 Å². The van der Waals surface area contributed by atoms with Crippen molar-refractivity contribution in [3.63, 3.8) is 0 Å². The molecule has 2 amide bonds. The van der Waals surface area contributed by atoms with Crippen LogP contribution >= 0.6 is 23.2 Å². The van der Waals surface area contributed by atoms with E-state index in [4.69, 9.17) is 23.2 Å². The summed E-state index contributed by atoms with van der Waals surface area (Å²) in [4.78, 5) is 27.0. The first kappa shape index (κ1) is 25.1. The van der Waals surface area contributed by atoms with Gasteiger partial charge in [-0.1, -0.05) is 60.3 Å². The van der Waals surface area contributed by atoms with E-state index in [-0.39, 0.29) is 18.4 Å². The zero-order valence-corrected chi connectivity index (χ0v) is 21.4. The van der Waals surface area contributed by atoms with Gasteiger partial charge in [0.25, 0.3) is 5.91 Å². The van der Waals surface area contributed by atoms with Crippen LogP contribution in [-0.4, -0.2) is 36.3 Å². The van der Waals surface area contributed by atoms with E-state index in [1.807, 2.05) is 4.90 Å². The third-order valence-electron chi connectivity index (χ3n) is 7.60. The average molecular weight is 501 g/mol. The van der Waals surface area contributed by atoms with Gasteiger partial charge in [0.15, 0.2) is 0 Å². The summed E-state index contributed by atoms with van der Waals surface area (Å²) in [7, 11) is 0. The molecule has 34 heavy (non-hydrogen) atoms. The molecule has 3 atom stereocenters. The minimum Gasteiger partial charge on any atom is -0.343 e. The minimum atomic E-state index is -0.315. The van der Waals surface area contributed by atoms with Crippen molar-refractivity contribution < 1.29 is 9.59 Å². The standard InChI is InChI=1S/C28H34Cl2N2O2/c1-19-5-2-3-8-24(19)22-7-4-6-20(9-10-22)15-21-13-14-32(18-21)27(33)17-31-28(34)23-11-12-25(29)26(30)16-23/h2-3,5,8,11-12,16,20-22H,4,6-7,9-10,13-15,17-18H2,1H3,(H,31,34). The average Bonchev–Trinajstić information content (AvgIpc) is 3.18. The molecule has 1 heterocycles. The van der Waals surface area contributed by atoms with Gasteiger partial charge in [0, 0.05) is 18.7 Å². The first-order valence-electron chi connectivity index (χ1n) is 12.5. The maximum absolute atomic E-state index is 12.7.